The van der Waals surface area contributed by atoms with E-state index in [1.54, 1.807) is 17.0 Å². The second-order valence-electron chi connectivity index (χ2n) is 5.63. The number of nitrogens with zero attached hydrogens (tertiary/aromatic N) is 2. The molecule has 1 heterocycles. The highest BCUT2D eigenvalue weighted by atomic mass is 35.5. The molecule has 8 heteroatoms. The van der Waals surface area contributed by atoms with E-state index >= 15 is 0 Å². The van der Waals surface area contributed by atoms with Crippen LogP contribution in [-0.4, -0.2) is 41.6 Å². The lowest BCUT2D eigenvalue weighted by Crippen LogP contribution is -2.34. The number of carbonyl (C=O) groups is 1. The first-order valence-corrected chi connectivity index (χ1v) is 7.94. The summed E-state index contributed by atoms with van der Waals surface area (Å²) in [7, 11) is 0. The van der Waals surface area contributed by atoms with Crippen molar-refractivity contribution in [1.82, 2.24) is 4.90 Å². The molecule has 1 atom stereocenters. The highest BCUT2D eigenvalue weighted by Gasteiger charge is 2.36. The van der Waals surface area contributed by atoms with Crippen molar-refractivity contribution in [2.24, 2.45) is 11.1 Å². The van der Waals surface area contributed by atoms with Gasteiger partial charge in [-0.1, -0.05) is 6.92 Å². The summed E-state index contributed by atoms with van der Waals surface area (Å²) in [4.78, 5) is 25.7. The zero-order valence-corrected chi connectivity index (χ0v) is 14.2. The zero-order chi connectivity index (χ0) is 15.6. The summed E-state index contributed by atoms with van der Waals surface area (Å²) in [5.41, 5.74) is 5.67. The van der Waals surface area contributed by atoms with E-state index in [0.717, 1.165) is 11.3 Å². The third-order valence-electron chi connectivity index (χ3n) is 3.97. The van der Waals surface area contributed by atoms with Gasteiger partial charge in [-0.05, 0) is 36.8 Å². The van der Waals surface area contributed by atoms with Gasteiger partial charge in [0.15, 0.2) is 0 Å². The van der Waals surface area contributed by atoms with Crippen LogP contribution in [-0.2, 0) is 0 Å². The average molecular weight is 346 g/mol. The smallest absolute Gasteiger partial charge is 0.282 e. The van der Waals surface area contributed by atoms with Crippen molar-refractivity contribution in [3.05, 3.63) is 33.9 Å². The maximum absolute atomic E-state index is 12.6. The van der Waals surface area contributed by atoms with Gasteiger partial charge in [0, 0.05) is 24.1 Å². The van der Waals surface area contributed by atoms with E-state index in [0.29, 0.717) is 19.6 Å². The molecule has 0 bridgehead atoms. The van der Waals surface area contributed by atoms with Crippen LogP contribution in [0.25, 0.3) is 0 Å². The first kappa shape index (κ1) is 18.7. The normalized spacial score (nSPS) is 20.6. The first-order chi connectivity index (χ1) is 9.90. The maximum atomic E-state index is 12.6. The summed E-state index contributed by atoms with van der Waals surface area (Å²) >= 11 is 1.45. The molecule has 0 aromatic heterocycles. The van der Waals surface area contributed by atoms with E-state index in [2.05, 4.69) is 0 Å². The number of hydrogen-bond donors (Lipinski definition) is 1. The molecule has 1 fully saturated rings. The van der Waals surface area contributed by atoms with Gasteiger partial charge in [0.25, 0.3) is 11.6 Å². The van der Waals surface area contributed by atoms with Crippen molar-refractivity contribution in [2.45, 2.75) is 18.2 Å². The van der Waals surface area contributed by atoms with Crippen LogP contribution in [0.5, 0.6) is 0 Å². The van der Waals surface area contributed by atoms with Crippen LogP contribution in [0.4, 0.5) is 5.69 Å². The third-order valence-corrected chi connectivity index (χ3v) is 4.69. The molecule has 1 aromatic carbocycles. The number of hydrogen-bond acceptors (Lipinski definition) is 5. The largest absolute Gasteiger partial charge is 0.338 e. The summed E-state index contributed by atoms with van der Waals surface area (Å²) in [5.74, 6) is -0.283. The lowest BCUT2D eigenvalue weighted by atomic mass is 9.90. The van der Waals surface area contributed by atoms with E-state index in [1.165, 1.54) is 17.8 Å². The molecule has 1 aliphatic rings. The monoisotopic (exact) mass is 345 g/mol. The Morgan fingerprint density at radius 1 is 1.55 bits per heavy atom. The Kier molecular flexibility index (Phi) is 6.22. The average Bonchev–Trinajstić information content (AvgIpc) is 2.89. The standard InChI is InChI=1S/C14H19N3O3S.ClH/c1-14(8-15)5-6-16(9-14)13(18)11-7-10(21-2)3-4-12(11)17(19)20;/h3-4,7H,5-6,8-9,15H2,1-2H3;1H. The van der Waals surface area contributed by atoms with Gasteiger partial charge < -0.3 is 10.6 Å². The molecule has 0 aliphatic carbocycles. The van der Waals surface area contributed by atoms with E-state index in [-0.39, 0.29) is 35.0 Å². The molecule has 1 amide bonds. The number of halogens is 1. The summed E-state index contributed by atoms with van der Waals surface area (Å²) < 4.78 is 0. The number of thioether (sulfide) groups is 1. The van der Waals surface area contributed by atoms with Gasteiger partial charge in [-0.15, -0.1) is 24.2 Å². The molecule has 1 aliphatic heterocycles. The topological polar surface area (TPSA) is 89.5 Å². The fourth-order valence-electron chi connectivity index (χ4n) is 2.51. The van der Waals surface area contributed by atoms with Gasteiger partial charge in [-0.25, -0.2) is 0 Å². The Bertz CT molecular complexity index is 584. The van der Waals surface area contributed by atoms with Crippen LogP contribution in [0.1, 0.15) is 23.7 Å². The number of likely N-dealkylation sites (tertiary alicyclic amines) is 1. The minimum atomic E-state index is -0.504. The lowest BCUT2D eigenvalue weighted by Gasteiger charge is -2.22. The first-order valence-electron chi connectivity index (χ1n) is 6.72. The zero-order valence-electron chi connectivity index (χ0n) is 12.6. The predicted molar refractivity (Wildman–Crippen MR) is 89.8 cm³/mol. The quantitative estimate of drug-likeness (QED) is 0.514. The minimum Gasteiger partial charge on any atom is -0.338 e. The van der Waals surface area contributed by atoms with Gasteiger partial charge >= 0.3 is 0 Å². The van der Waals surface area contributed by atoms with Crippen LogP contribution in [0, 0.1) is 15.5 Å². The molecule has 2 N–H and O–H groups in total. The summed E-state index contributed by atoms with van der Waals surface area (Å²) in [6, 6.07) is 4.66. The van der Waals surface area contributed by atoms with Gasteiger partial charge in [0.2, 0.25) is 0 Å². The fourth-order valence-corrected chi connectivity index (χ4v) is 2.95. The predicted octanol–water partition coefficient (Wildman–Crippen LogP) is 2.55. The second-order valence-corrected chi connectivity index (χ2v) is 6.51. The van der Waals surface area contributed by atoms with Crippen molar-refractivity contribution in [3.8, 4) is 0 Å². The third kappa shape index (κ3) is 3.71. The molecule has 2 rings (SSSR count). The number of carbonyl (C=O) groups excluding carboxylic acids is 1. The molecule has 1 aromatic rings. The number of nitrogens with two attached hydrogens (primary N) is 1. The lowest BCUT2D eigenvalue weighted by molar-refractivity contribution is -0.385. The molecule has 22 heavy (non-hydrogen) atoms. The minimum absolute atomic E-state index is 0. The highest BCUT2D eigenvalue weighted by molar-refractivity contribution is 7.98. The number of nitro benzene ring substituents is 1. The molecule has 0 saturated carbocycles. The van der Waals surface area contributed by atoms with Gasteiger partial charge in [-0.3, -0.25) is 14.9 Å². The van der Waals surface area contributed by atoms with Crippen molar-refractivity contribution in [1.29, 1.82) is 0 Å². The number of rotatable bonds is 4. The van der Waals surface area contributed by atoms with Gasteiger partial charge in [0.05, 0.1) is 4.92 Å². The van der Waals surface area contributed by atoms with Gasteiger partial charge in [-0.2, -0.15) is 0 Å². The van der Waals surface area contributed by atoms with Crippen molar-refractivity contribution in [2.75, 3.05) is 25.9 Å². The maximum Gasteiger partial charge on any atom is 0.282 e. The van der Waals surface area contributed by atoms with Gasteiger partial charge in [0.1, 0.15) is 5.56 Å². The summed E-state index contributed by atoms with van der Waals surface area (Å²) in [5, 5.41) is 11.1. The van der Waals surface area contributed by atoms with Crippen molar-refractivity contribution in [3.63, 3.8) is 0 Å². The van der Waals surface area contributed by atoms with Crippen molar-refractivity contribution < 1.29 is 9.72 Å². The SMILES string of the molecule is CSc1ccc([N+](=O)[O-])c(C(=O)N2CCC(C)(CN)C2)c1.Cl. The van der Waals surface area contributed by atoms with Crippen molar-refractivity contribution >= 4 is 35.8 Å². The molecule has 6 nitrogen and oxygen atoms in total. The molecular weight excluding hydrogens is 326 g/mol. The fraction of sp³-hybridized carbons (Fsp3) is 0.500. The van der Waals surface area contributed by atoms with Crippen LogP contribution in [0.3, 0.4) is 0 Å². The van der Waals surface area contributed by atoms with E-state index in [9.17, 15) is 14.9 Å². The molecule has 1 unspecified atom stereocenters. The van der Waals surface area contributed by atoms with E-state index in [1.807, 2.05) is 13.2 Å². The number of amides is 1. The second kappa shape index (κ2) is 7.30. The highest BCUT2D eigenvalue weighted by Crippen LogP contribution is 2.32. The summed E-state index contributed by atoms with van der Waals surface area (Å²) in [6.07, 6.45) is 2.70. The number of benzene rings is 1. The Balaban J connectivity index is 0.00000242. The molecule has 0 spiro atoms. The van der Waals surface area contributed by atoms with E-state index < -0.39 is 4.92 Å². The summed E-state index contributed by atoms with van der Waals surface area (Å²) in [6.45, 7) is 3.67. The molecular formula is C14H20ClN3O3S. The van der Waals surface area contributed by atoms with Crippen LogP contribution >= 0.6 is 24.2 Å². The molecule has 0 radical (unpaired) electrons. The Labute approximate surface area is 140 Å². The van der Waals surface area contributed by atoms with Crippen LogP contribution < -0.4 is 5.73 Å². The Hall–Kier alpha value is -1.31. The van der Waals surface area contributed by atoms with Crippen LogP contribution in [0.15, 0.2) is 23.1 Å². The molecule has 122 valence electrons. The van der Waals surface area contributed by atoms with E-state index in [4.69, 9.17) is 5.73 Å². The molecule has 1 saturated heterocycles. The van der Waals surface area contributed by atoms with Crippen LogP contribution in [0.2, 0.25) is 0 Å². The Morgan fingerprint density at radius 2 is 2.23 bits per heavy atom. The Morgan fingerprint density at radius 3 is 2.73 bits per heavy atom. The number of nitro groups is 1.